The van der Waals surface area contributed by atoms with Crippen molar-refractivity contribution in [1.29, 1.82) is 0 Å². The molecule has 2 aliphatic heterocycles. The Morgan fingerprint density at radius 3 is 2.81 bits per heavy atom. The summed E-state index contributed by atoms with van der Waals surface area (Å²) in [5.41, 5.74) is 5.22. The Balaban J connectivity index is 1.71. The number of nitrogens with zero attached hydrogens (tertiary/aromatic N) is 3. The number of hydrogen-bond donors (Lipinski definition) is 4. The van der Waals surface area contributed by atoms with Crippen LogP contribution in [0.2, 0.25) is 0 Å². The molecule has 1 saturated heterocycles. The maximum absolute atomic E-state index is 12.3. The molecule has 0 aromatic carbocycles. The fourth-order valence-corrected chi connectivity index (χ4v) is 4.46. The third-order valence-electron chi connectivity index (χ3n) is 3.79. The SMILES string of the molecule is C=C(NC(=O)/C(=N\O)c1csc(N)n1)[C@@H]1C(=O)N2C(C(=O)O)=CCS[C@H]12. The number of β-lactam (4-membered cyclic amide) rings is 1. The highest BCUT2D eigenvalue weighted by Gasteiger charge is 2.53. The number of rotatable bonds is 5. The summed E-state index contributed by atoms with van der Waals surface area (Å²) in [4.78, 5) is 40.9. The van der Waals surface area contributed by atoms with Crippen molar-refractivity contribution in [2.24, 2.45) is 11.1 Å². The van der Waals surface area contributed by atoms with Gasteiger partial charge in [0.15, 0.2) is 10.8 Å². The molecule has 2 amide bonds. The zero-order valence-electron chi connectivity index (χ0n) is 13.1. The van der Waals surface area contributed by atoms with E-state index in [1.807, 2.05) is 0 Å². The van der Waals surface area contributed by atoms with E-state index in [1.165, 1.54) is 28.1 Å². The largest absolute Gasteiger partial charge is 0.477 e. The number of anilines is 1. The Morgan fingerprint density at radius 2 is 2.23 bits per heavy atom. The highest BCUT2D eigenvalue weighted by Crippen LogP contribution is 2.43. The molecular formula is C14H13N5O5S2. The van der Waals surface area contributed by atoms with Gasteiger partial charge in [-0.2, -0.15) is 0 Å². The molecule has 12 heteroatoms. The number of carboxylic acid groups (broad SMARTS) is 1. The van der Waals surface area contributed by atoms with Crippen molar-refractivity contribution in [2.75, 3.05) is 11.5 Å². The number of nitrogens with one attached hydrogen (secondary N) is 1. The summed E-state index contributed by atoms with van der Waals surface area (Å²) in [6.07, 6.45) is 1.46. The summed E-state index contributed by atoms with van der Waals surface area (Å²) in [5.74, 6) is -2.81. The number of carbonyl (C=O) groups excluding carboxylic acids is 2. The molecule has 26 heavy (non-hydrogen) atoms. The predicted molar refractivity (Wildman–Crippen MR) is 94.4 cm³/mol. The molecule has 0 radical (unpaired) electrons. The van der Waals surface area contributed by atoms with E-state index in [0.717, 1.165) is 11.3 Å². The summed E-state index contributed by atoms with van der Waals surface area (Å²) < 4.78 is 0. The Morgan fingerprint density at radius 1 is 1.50 bits per heavy atom. The summed E-state index contributed by atoms with van der Waals surface area (Å²) >= 11 is 2.43. The van der Waals surface area contributed by atoms with Crippen LogP contribution in [0.1, 0.15) is 5.69 Å². The Kier molecular flexibility index (Phi) is 4.70. The zero-order valence-corrected chi connectivity index (χ0v) is 14.7. The van der Waals surface area contributed by atoms with Crippen LogP contribution < -0.4 is 11.1 Å². The Labute approximate surface area is 155 Å². The fraction of sp³-hybridized carbons (Fsp3) is 0.214. The number of thioether (sulfide) groups is 1. The molecule has 0 saturated carbocycles. The third-order valence-corrected chi connectivity index (χ3v) is 5.65. The number of hydrogen-bond acceptors (Lipinski definition) is 9. The number of thiazole rings is 1. The first-order chi connectivity index (χ1) is 12.3. The van der Waals surface area contributed by atoms with E-state index >= 15 is 0 Å². The molecule has 0 unspecified atom stereocenters. The lowest BCUT2D eigenvalue weighted by molar-refractivity contribution is -0.150. The van der Waals surface area contributed by atoms with E-state index < -0.39 is 29.1 Å². The fourth-order valence-electron chi connectivity index (χ4n) is 2.62. The number of carboxylic acids is 1. The lowest BCUT2D eigenvalue weighted by atomic mass is 9.93. The van der Waals surface area contributed by atoms with Gasteiger partial charge >= 0.3 is 5.97 Å². The average Bonchev–Trinajstić information content (AvgIpc) is 3.00. The third kappa shape index (κ3) is 2.93. The van der Waals surface area contributed by atoms with Crippen molar-refractivity contribution >= 4 is 51.7 Å². The molecule has 2 atom stereocenters. The topological polar surface area (TPSA) is 158 Å². The number of nitrogen functional groups attached to an aromatic ring is 1. The van der Waals surface area contributed by atoms with Gasteiger partial charge in [0, 0.05) is 16.8 Å². The number of aromatic nitrogens is 1. The standard InChI is InChI=1S/C14H13N5O5S2/c1-5(16-10(20)9(18-24)6-4-26-14(15)17-6)8-11(21)19-7(13(22)23)2-3-25-12(8)19/h2,4,8,12,24H,1,3H2,(H2,15,17)(H,16,20)(H,22,23)/b18-9-/t8-,12-/m1/s1. The smallest absolute Gasteiger partial charge is 0.352 e. The van der Waals surface area contributed by atoms with Gasteiger partial charge < -0.3 is 21.4 Å². The highest BCUT2D eigenvalue weighted by molar-refractivity contribution is 8.00. The molecule has 0 spiro atoms. The number of amides is 2. The van der Waals surface area contributed by atoms with Crippen molar-refractivity contribution in [3.63, 3.8) is 0 Å². The van der Waals surface area contributed by atoms with Crippen LogP contribution in [0.15, 0.2) is 34.6 Å². The van der Waals surface area contributed by atoms with E-state index in [0.29, 0.717) is 5.75 Å². The van der Waals surface area contributed by atoms with Crippen molar-refractivity contribution < 1.29 is 24.7 Å². The molecule has 136 valence electrons. The van der Waals surface area contributed by atoms with E-state index in [1.54, 1.807) is 0 Å². The number of nitrogens with two attached hydrogens (primary N) is 1. The van der Waals surface area contributed by atoms with Gasteiger partial charge in [-0.3, -0.25) is 14.5 Å². The molecule has 1 aromatic heterocycles. The molecule has 3 heterocycles. The quantitative estimate of drug-likeness (QED) is 0.235. The summed E-state index contributed by atoms with van der Waals surface area (Å²) in [6, 6.07) is 0. The summed E-state index contributed by atoms with van der Waals surface area (Å²) in [6.45, 7) is 3.70. The van der Waals surface area contributed by atoms with Crippen LogP contribution in [-0.2, 0) is 14.4 Å². The highest BCUT2D eigenvalue weighted by atomic mass is 32.2. The molecule has 0 aliphatic carbocycles. The van der Waals surface area contributed by atoms with Crippen molar-refractivity contribution in [2.45, 2.75) is 5.37 Å². The van der Waals surface area contributed by atoms with Crippen molar-refractivity contribution in [3.8, 4) is 0 Å². The van der Waals surface area contributed by atoms with E-state index in [2.05, 4.69) is 22.0 Å². The van der Waals surface area contributed by atoms with Crippen LogP contribution in [-0.4, -0.2) is 54.8 Å². The Hall–Kier alpha value is -2.86. The minimum Gasteiger partial charge on any atom is -0.477 e. The van der Waals surface area contributed by atoms with Gasteiger partial charge in [-0.15, -0.1) is 23.1 Å². The number of fused-ring (bicyclic) bond motifs is 1. The van der Waals surface area contributed by atoms with Crippen LogP contribution >= 0.6 is 23.1 Å². The second-order valence-corrected chi connectivity index (χ2v) is 7.34. The average molecular weight is 395 g/mol. The van der Waals surface area contributed by atoms with Gasteiger partial charge in [0.05, 0.1) is 0 Å². The molecular weight excluding hydrogens is 382 g/mol. The number of aliphatic carboxylic acids is 1. The Bertz CT molecular complexity index is 877. The van der Waals surface area contributed by atoms with Gasteiger partial charge in [0.25, 0.3) is 5.91 Å². The van der Waals surface area contributed by atoms with E-state index in [9.17, 15) is 14.4 Å². The summed E-state index contributed by atoms with van der Waals surface area (Å²) in [7, 11) is 0. The van der Waals surface area contributed by atoms with Gasteiger partial charge in [0.1, 0.15) is 22.7 Å². The van der Waals surface area contributed by atoms with Crippen LogP contribution in [0.5, 0.6) is 0 Å². The zero-order chi connectivity index (χ0) is 19.0. The summed E-state index contributed by atoms with van der Waals surface area (Å²) in [5, 5.41) is 24.8. The van der Waals surface area contributed by atoms with Crippen molar-refractivity contribution in [1.82, 2.24) is 15.2 Å². The maximum Gasteiger partial charge on any atom is 0.352 e. The van der Waals surface area contributed by atoms with Crippen molar-refractivity contribution in [3.05, 3.63) is 35.1 Å². The van der Waals surface area contributed by atoms with E-state index in [4.69, 9.17) is 16.0 Å². The van der Waals surface area contributed by atoms with Crippen LogP contribution in [0.4, 0.5) is 5.13 Å². The molecule has 3 rings (SSSR count). The first kappa shape index (κ1) is 17.9. The molecule has 5 N–H and O–H groups in total. The molecule has 1 aromatic rings. The van der Waals surface area contributed by atoms with Crippen LogP contribution in [0, 0.1) is 5.92 Å². The first-order valence-electron chi connectivity index (χ1n) is 7.16. The van der Waals surface area contributed by atoms with Crippen LogP contribution in [0.25, 0.3) is 0 Å². The second kappa shape index (κ2) is 6.80. The molecule has 1 fully saturated rings. The van der Waals surface area contributed by atoms with E-state index in [-0.39, 0.29) is 27.9 Å². The number of oxime groups is 1. The molecule has 10 nitrogen and oxygen atoms in total. The lowest BCUT2D eigenvalue weighted by Gasteiger charge is -2.48. The minimum atomic E-state index is -1.19. The first-order valence-corrected chi connectivity index (χ1v) is 9.09. The maximum atomic E-state index is 12.3. The number of carbonyl (C=O) groups is 3. The molecule has 0 bridgehead atoms. The molecule has 2 aliphatic rings. The second-order valence-electron chi connectivity index (χ2n) is 5.30. The monoisotopic (exact) mass is 395 g/mol. The van der Waals surface area contributed by atoms with Gasteiger partial charge in [-0.25, -0.2) is 9.78 Å². The minimum absolute atomic E-state index is 0.0790. The van der Waals surface area contributed by atoms with Gasteiger partial charge in [0.2, 0.25) is 5.91 Å². The van der Waals surface area contributed by atoms with Gasteiger partial charge in [-0.05, 0) is 6.08 Å². The van der Waals surface area contributed by atoms with Crippen LogP contribution in [0.3, 0.4) is 0 Å². The van der Waals surface area contributed by atoms with Gasteiger partial charge in [-0.1, -0.05) is 11.7 Å². The lowest BCUT2D eigenvalue weighted by Crippen LogP contribution is -2.62. The normalized spacial score (nSPS) is 22.2. The predicted octanol–water partition coefficient (Wildman–Crippen LogP) is 0.0333.